The fourth-order valence-corrected chi connectivity index (χ4v) is 3.10. The predicted molar refractivity (Wildman–Crippen MR) is 90.9 cm³/mol. The minimum Gasteiger partial charge on any atom is -0.314 e. The molecule has 0 saturated heterocycles. The van der Waals surface area contributed by atoms with Crippen LogP contribution in [0.25, 0.3) is 11.4 Å². The maximum atomic E-state index is 4.81. The van der Waals surface area contributed by atoms with E-state index in [9.17, 15) is 0 Å². The quantitative estimate of drug-likeness (QED) is 0.843. The Bertz CT molecular complexity index is 536. The van der Waals surface area contributed by atoms with Gasteiger partial charge in [-0.05, 0) is 42.8 Å². The van der Waals surface area contributed by atoms with E-state index in [1.807, 2.05) is 0 Å². The van der Waals surface area contributed by atoms with Crippen molar-refractivity contribution < 1.29 is 0 Å². The van der Waals surface area contributed by atoms with Gasteiger partial charge in [0.15, 0.2) is 5.82 Å². The Hall–Kier alpha value is -1.26. The van der Waals surface area contributed by atoms with Crippen LogP contribution in [0.1, 0.15) is 44.6 Å². The van der Waals surface area contributed by atoms with E-state index in [2.05, 4.69) is 49.8 Å². The number of thiophene rings is 1. The van der Waals surface area contributed by atoms with Gasteiger partial charge in [0.1, 0.15) is 0 Å². The molecule has 0 aromatic carbocycles. The number of rotatable bonds is 7. The normalized spacial score (nSPS) is 11.3. The molecule has 0 fully saturated rings. The molecule has 2 heterocycles. The molecule has 0 bridgehead atoms. The third-order valence-electron chi connectivity index (χ3n) is 3.56. The van der Waals surface area contributed by atoms with Crippen LogP contribution in [0.5, 0.6) is 0 Å². The lowest BCUT2D eigenvalue weighted by molar-refractivity contribution is 0.586. The Morgan fingerprint density at radius 2 is 1.81 bits per heavy atom. The first-order chi connectivity index (χ1) is 10.2. The van der Waals surface area contributed by atoms with E-state index in [0.29, 0.717) is 6.04 Å². The van der Waals surface area contributed by atoms with E-state index in [1.54, 1.807) is 11.3 Å². The summed E-state index contributed by atoms with van der Waals surface area (Å²) in [7, 11) is 0. The molecule has 114 valence electrons. The highest BCUT2D eigenvalue weighted by Gasteiger charge is 2.13. The van der Waals surface area contributed by atoms with Crippen molar-refractivity contribution in [2.24, 2.45) is 0 Å². The van der Waals surface area contributed by atoms with Crippen LogP contribution in [0.3, 0.4) is 0 Å². The van der Waals surface area contributed by atoms with Gasteiger partial charge in [0.25, 0.3) is 0 Å². The van der Waals surface area contributed by atoms with Crippen LogP contribution in [0, 0.1) is 0 Å². The molecule has 1 N–H and O–H groups in total. The molecule has 2 aromatic heterocycles. The Morgan fingerprint density at radius 3 is 2.29 bits per heavy atom. The van der Waals surface area contributed by atoms with Crippen molar-refractivity contribution in [1.82, 2.24) is 15.3 Å². The summed E-state index contributed by atoms with van der Waals surface area (Å²) in [6.45, 7) is 9.70. The van der Waals surface area contributed by atoms with Crippen molar-refractivity contribution in [2.75, 3.05) is 6.54 Å². The Kier molecular flexibility index (Phi) is 5.88. The van der Waals surface area contributed by atoms with Crippen molar-refractivity contribution in [3.8, 4) is 11.4 Å². The van der Waals surface area contributed by atoms with Crippen molar-refractivity contribution in [2.45, 2.75) is 53.0 Å². The lowest BCUT2D eigenvalue weighted by Crippen LogP contribution is -2.26. The van der Waals surface area contributed by atoms with Crippen molar-refractivity contribution in [3.63, 3.8) is 0 Å². The third-order valence-corrected chi connectivity index (χ3v) is 4.24. The summed E-state index contributed by atoms with van der Waals surface area (Å²) in [4.78, 5) is 9.62. The van der Waals surface area contributed by atoms with Gasteiger partial charge in [-0.25, -0.2) is 9.97 Å². The molecule has 0 unspecified atom stereocenters. The maximum absolute atomic E-state index is 4.81. The number of hydrogen-bond donors (Lipinski definition) is 1. The van der Waals surface area contributed by atoms with Gasteiger partial charge >= 0.3 is 0 Å². The molecule has 0 saturated carbocycles. The first kappa shape index (κ1) is 16.1. The third kappa shape index (κ3) is 4.11. The van der Waals surface area contributed by atoms with Crippen LogP contribution in [0.15, 0.2) is 16.8 Å². The molecule has 4 heteroatoms. The molecular formula is C17H25N3S. The number of hydrogen-bond acceptors (Lipinski definition) is 4. The molecule has 0 amide bonds. The fourth-order valence-electron chi connectivity index (χ4n) is 2.46. The van der Waals surface area contributed by atoms with E-state index >= 15 is 0 Å². The van der Waals surface area contributed by atoms with Gasteiger partial charge in [0, 0.05) is 28.4 Å². The van der Waals surface area contributed by atoms with Crippen LogP contribution in [-0.4, -0.2) is 22.6 Å². The molecule has 0 spiro atoms. The van der Waals surface area contributed by atoms with Crippen LogP contribution >= 0.6 is 11.3 Å². The first-order valence-electron chi connectivity index (χ1n) is 7.80. The molecule has 0 aliphatic heterocycles. The van der Waals surface area contributed by atoms with Crippen LogP contribution in [0.2, 0.25) is 0 Å². The molecule has 0 radical (unpaired) electrons. The van der Waals surface area contributed by atoms with E-state index in [0.717, 1.165) is 37.2 Å². The number of nitrogens with zero attached hydrogens (tertiary/aromatic N) is 2. The highest BCUT2D eigenvalue weighted by molar-refractivity contribution is 7.08. The standard InChI is InChI=1S/C17H25N3S/c1-5-15-14(7-9-18-12(3)4)16(6-2)20-17(19-15)13-8-10-21-11-13/h8,10-12,18H,5-7,9H2,1-4H3. The molecule has 2 aromatic rings. The minimum absolute atomic E-state index is 0.520. The second-order valence-electron chi connectivity index (χ2n) is 5.50. The number of aryl methyl sites for hydroxylation is 2. The molecule has 0 aliphatic rings. The van der Waals surface area contributed by atoms with Gasteiger partial charge in [-0.3, -0.25) is 0 Å². The van der Waals surface area contributed by atoms with Crippen molar-refractivity contribution in [1.29, 1.82) is 0 Å². The van der Waals surface area contributed by atoms with Crippen molar-refractivity contribution >= 4 is 11.3 Å². The summed E-state index contributed by atoms with van der Waals surface area (Å²) < 4.78 is 0. The van der Waals surface area contributed by atoms with E-state index in [1.165, 1.54) is 17.0 Å². The molecule has 2 rings (SSSR count). The van der Waals surface area contributed by atoms with Gasteiger partial charge in [-0.15, -0.1) is 0 Å². The highest BCUT2D eigenvalue weighted by Crippen LogP contribution is 2.22. The molecular weight excluding hydrogens is 278 g/mol. The Labute approximate surface area is 131 Å². The van der Waals surface area contributed by atoms with Gasteiger partial charge < -0.3 is 5.32 Å². The van der Waals surface area contributed by atoms with Crippen LogP contribution in [-0.2, 0) is 19.3 Å². The van der Waals surface area contributed by atoms with Gasteiger partial charge in [0.05, 0.1) is 0 Å². The summed E-state index contributed by atoms with van der Waals surface area (Å²) in [6.07, 6.45) is 2.93. The topological polar surface area (TPSA) is 37.8 Å². The second-order valence-corrected chi connectivity index (χ2v) is 6.28. The average Bonchev–Trinajstić information content (AvgIpc) is 3.00. The Morgan fingerprint density at radius 1 is 1.14 bits per heavy atom. The monoisotopic (exact) mass is 303 g/mol. The zero-order valence-electron chi connectivity index (χ0n) is 13.4. The Balaban J connectivity index is 2.31. The van der Waals surface area contributed by atoms with Crippen LogP contribution < -0.4 is 5.32 Å². The predicted octanol–water partition coefficient (Wildman–Crippen LogP) is 3.87. The fraction of sp³-hybridized carbons (Fsp3) is 0.529. The number of nitrogens with one attached hydrogen (secondary N) is 1. The van der Waals surface area contributed by atoms with E-state index in [4.69, 9.17) is 9.97 Å². The van der Waals surface area contributed by atoms with Crippen molar-refractivity contribution in [3.05, 3.63) is 33.8 Å². The molecule has 0 atom stereocenters. The van der Waals surface area contributed by atoms with Gasteiger partial charge in [0.2, 0.25) is 0 Å². The zero-order chi connectivity index (χ0) is 15.2. The lowest BCUT2D eigenvalue weighted by atomic mass is 10.0. The smallest absolute Gasteiger partial charge is 0.160 e. The summed E-state index contributed by atoms with van der Waals surface area (Å²) >= 11 is 1.69. The number of aromatic nitrogens is 2. The molecule has 21 heavy (non-hydrogen) atoms. The van der Waals surface area contributed by atoms with Gasteiger partial charge in [-0.1, -0.05) is 27.7 Å². The largest absolute Gasteiger partial charge is 0.314 e. The van der Waals surface area contributed by atoms with Crippen LogP contribution in [0.4, 0.5) is 0 Å². The molecule has 3 nitrogen and oxygen atoms in total. The minimum atomic E-state index is 0.520. The summed E-state index contributed by atoms with van der Waals surface area (Å²) in [5.74, 6) is 0.880. The lowest BCUT2D eigenvalue weighted by Gasteiger charge is -2.15. The first-order valence-corrected chi connectivity index (χ1v) is 8.74. The van der Waals surface area contributed by atoms with E-state index in [-0.39, 0.29) is 0 Å². The molecule has 0 aliphatic carbocycles. The second kappa shape index (κ2) is 7.66. The average molecular weight is 303 g/mol. The zero-order valence-corrected chi connectivity index (χ0v) is 14.3. The van der Waals surface area contributed by atoms with Gasteiger partial charge in [-0.2, -0.15) is 11.3 Å². The summed E-state index contributed by atoms with van der Waals surface area (Å²) in [5.41, 5.74) is 4.88. The highest BCUT2D eigenvalue weighted by atomic mass is 32.1. The summed E-state index contributed by atoms with van der Waals surface area (Å²) in [6, 6.07) is 2.62. The maximum Gasteiger partial charge on any atom is 0.160 e. The SMILES string of the molecule is CCc1nc(-c2ccsc2)nc(CC)c1CCNC(C)C. The van der Waals surface area contributed by atoms with E-state index < -0.39 is 0 Å². The summed E-state index contributed by atoms with van der Waals surface area (Å²) in [5, 5.41) is 7.68.